The van der Waals surface area contributed by atoms with Gasteiger partial charge in [0, 0.05) is 11.4 Å². The second kappa shape index (κ2) is 4.81. The summed E-state index contributed by atoms with van der Waals surface area (Å²) in [6.07, 6.45) is 1.14. The van der Waals surface area contributed by atoms with Gasteiger partial charge in [0.1, 0.15) is 0 Å². The molecule has 2 heterocycles. The molecule has 17 heavy (non-hydrogen) atoms. The normalized spacial score (nSPS) is 22.6. The van der Waals surface area contributed by atoms with Gasteiger partial charge in [-0.25, -0.2) is 0 Å². The van der Waals surface area contributed by atoms with Crippen molar-refractivity contribution < 1.29 is 0 Å². The molecule has 3 rings (SSSR count). The molecule has 0 fully saturated rings. The van der Waals surface area contributed by atoms with Crippen molar-refractivity contribution in [3.8, 4) is 0 Å². The van der Waals surface area contributed by atoms with E-state index in [0.717, 1.165) is 13.0 Å². The van der Waals surface area contributed by atoms with Gasteiger partial charge in [0.15, 0.2) is 0 Å². The van der Waals surface area contributed by atoms with Crippen molar-refractivity contribution in [2.75, 3.05) is 6.54 Å². The SMILES string of the molecule is CC1(c2cccs2)NCCc2ccccc21.Cl. The number of hydrogen-bond acceptors (Lipinski definition) is 2. The summed E-state index contributed by atoms with van der Waals surface area (Å²) in [6, 6.07) is 13.1. The molecule has 1 aliphatic rings. The van der Waals surface area contributed by atoms with E-state index in [-0.39, 0.29) is 17.9 Å². The number of thiophene rings is 1. The predicted octanol–water partition coefficient (Wildman–Crippen LogP) is 3.58. The monoisotopic (exact) mass is 265 g/mol. The molecule has 90 valence electrons. The first-order valence-electron chi connectivity index (χ1n) is 5.68. The summed E-state index contributed by atoms with van der Waals surface area (Å²) in [4.78, 5) is 1.40. The van der Waals surface area contributed by atoms with E-state index in [1.54, 1.807) is 0 Å². The summed E-state index contributed by atoms with van der Waals surface area (Å²) in [5.74, 6) is 0. The molecule has 0 amide bonds. The third kappa shape index (κ3) is 2.01. The van der Waals surface area contributed by atoms with Gasteiger partial charge in [-0.3, -0.25) is 0 Å². The van der Waals surface area contributed by atoms with Gasteiger partial charge in [0.05, 0.1) is 5.54 Å². The topological polar surface area (TPSA) is 12.0 Å². The molecule has 1 nitrogen and oxygen atoms in total. The molecular weight excluding hydrogens is 250 g/mol. The van der Waals surface area contributed by atoms with E-state index in [2.05, 4.69) is 54.0 Å². The molecule has 1 aromatic heterocycles. The highest BCUT2D eigenvalue weighted by molar-refractivity contribution is 7.10. The van der Waals surface area contributed by atoms with Crippen LogP contribution in [0.5, 0.6) is 0 Å². The van der Waals surface area contributed by atoms with Crippen LogP contribution in [0.2, 0.25) is 0 Å². The lowest BCUT2D eigenvalue weighted by molar-refractivity contribution is 0.422. The molecule has 1 atom stereocenters. The minimum Gasteiger partial charge on any atom is -0.303 e. The summed E-state index contributed by atoms with van der Waals surface area (Å²) in [5, 5.41) is 5.82. The summed E-state index contributed by atoms with van der Waals surface area (Å²) >= 11 is 1.83. The van der Waals surface area contributed by atoms with E-state index >= 15 is 0 Å². The zero-order valence-electron chi connectivity index (χ0n) is 9.77. The second-order valence-electron chi connectivity index (χ2n) is 4.44. The van der Waals surface area contributed by atoms with Crippen LogP contribution in [0.1, 0.15) is 22.9 Å². The van der Waals surface area contributed by atoms with Crippen molar-refractivity contribution in [2.24, 2.45) is 0 Å². The smallest absolute Gasteiger partial charge is 0.0758 e. The Labute approximate surface area is 112 Å². The van der Waals surface area contributed by atoms with Gasteiger partial charge in [-0.2, -0.15) is 0 Å². The average molecular weight is 266 g/mol. The third-order valence-electron chi connectivity index (χ3n) is 3.44. The Morgan fingerprint density at radius 1 is 1.18 bits per heavy atom. The standard InChI is InChI=1S/C14H15NS.ClH/c1-14(13-7-4-10-16-13)12-6-3-2-5-11(12)8-9-15-14;/h2-7,10,15H,8-9H2,1H3;1H. The van der Waals surface area contributed by atoms with E-state index in [9.17, 15) is 0 Å². The minimum absolute atomic E-state index is 0. The zero-order valence-corrected chi connectivity index (χ0v) is 11.4. The van der Waals surface area contributed by atoms with E-state index in [1.807, 2.05) is 11.3 Å². The van der Waals surface area contributed by atoms with Crippen molar-refractivity contribution >= 4 is 23.7 Å². The van der Waals surface area contributed by atoms with Crippen LogP contribution in [0.15, 0.2) is 41.8 Å². The minimum atomic E-state index is 0. The fourth-order valence-corrected chi connectivity index (χ4v) is 3.43. The summed E-state index contributed by atoms with van der Waals surface area (Å²) in [5.41, 5.74) is 2.92. The molecule has 0 radical (unpaired) electrons. The van der Waals surface area contributed by atoms with Crippen LogP contribution < -0.4 is 5.32 Å². The number of nitrogens with one attached hydrogen (secondary N) is 1. The maximum atomic E-state index is 3.66. The van der Waals surface area contributed by atoms with Gasteiger partial charge in [-0.15, -0.1) is 23.7 Å². The average Bonchev–Trinajstić information content (AvgIpc) is 2.84. The number of hydrogen-bond donors (Lipinski definition) is 1. The van der Waals surface area contributed by atoms with Crippen LogP contribution in [0.3, 0.4) is 0 Å². The molecular formula is C14H16ClNS. The molecule has 0 saturated carbocycles. The maximum absolute atomic E-state index is 3.66. The van der Waals surface area contributed by atoms with Crippen LogP contribution >= 0.6 is 23.7 Å². The lowest BCUT2D eigenvalue weighted by atomic mass is 9.83. The van der Waals surface area contributed by atoms with Crippen LogP contribution in [0, 0.1) is 0 Å². The first-order chi connectivity index (χ1) is 7.81. The number of rotatable bonds is 1. The van der Waals surface area contributed by atoms with E-state index in [0.29, 0.717) is 0 Å². The van der Waals surface area contributed by atoms with Gasteiger partial charge in [0.25, 0.3) is 0 Å². The molecule has 0 bridgehead atoms. The van der Waals surface area contributed by atoms with Crippen molar-refractivity contribution in [1.29, 1.82) is 0 Å². The number of fused-ring (bicyclic) bond motifs is 1. The van der Waals surface area contributed by atoms with Crippen molar-refractivity contribution in [2.45, 2.75) is 18.9 Å². The van der Waals surface area contributed by atoms with Crippen molar-refractivity contribution in [1.82, 2.24) is 5.32 Å². The summed E-state index contributed by atoms with van der Waals surface area (Å²) in [6.45, 7) is 3.35. The van der Waals surface area contributed by atoms with Gasteiger partial charge in [-0.05, 0) is 35.9 Å². The quantitative estimate of drug-likeness (QED) is 0.831. The van der Waals surface area contributed by atoms with Gasteiger partial charge >= 0.3 is 0 Å². The van der Waals surface area contributed by atoms with Gasteiger partial charge in [-0.1, -0.05) is 30.3 Å². The molecule has 3 heteroatoms. The fraction of sp³-hybridized carbons (Fsp3) is 0.286. The molecule has 1 aliphatic heterocycles. The Morgan fingerprint density at radius 3 is 2.76 bits per heavy atom. The van der Waals surface area contributed by atoms with E-state index in [1.165, 1.54) is 16.0 Å². The van der Waals surface area contributed by atoms with Crippen molar-refractivity contribution in [3.05, 3.63) is 57.8 Å². The lowest BCUT2D eigenvalue weighted by Crippen LogP contribution is -2.45. The third-order valence-corrected chi connectivity index (χ3v) is 4.53. The number of benzene rings is 1. The molecule has 1 unspecified atom stereocenters. The lowest BCUT2D eigenvalue weighted by Gasteiger charge is -2.36. The first kappa shape index (κ1) is 12.6. The molecule has 1 aromatic carbocycles. The molecule has 0 spiro atoms. The van der Waals surface area contributed by atoms with Crippen LogP contribution in [-0.2, 0) is 12.0 Å². The van der Waals surface area contributed by atoms with E-state index < -0.39 is 0 Å². The highest BCUT2D eigenvalue weighted by Gasteiger charge is 2.33. The highest BCUT2D eigenvalue weighted by atomic mass is 35.5. The van der Waals surface area contributed by atoms with Crippen molar-refractivity contribution in [3.63, 3.8) is 0 Å². The Hall–Kier alpha value is -0.830. The van der Waals surface area contributed by atoms with E-state index in [4.69, 9.17) is 0 Å². The maximum Gasteiger partial charge on any atom is 0.0758 e. The summed E-state index contributed by atoms with van der Waals surface area (Å²) in [7, 11) is 0. The Morgan fingerprint density at radius 2 is 2.00 bits per heavy atom. The summed E-state index contributed by atoms with van der Waals surface area (Å²) < 4.78 is 0. The van der Waals surface area contributed by atoms with Gasteiger partial charge in [0.2, 0.25) is 0 Å². The molecule has 0 saturated heterocycles. The second-order valence-corrected chi connectivity index (χ2v) is 5.38. The molecule has 0 aliphatic carbocycles. The number of halogens is 1. The zero-order chi connectivity index (χ0) is 11.0. The van der Waals surface area contributed by atoms with Crippen LogP contribution in [-0.4, -0.2) is 6.54 Å². The largest absolute Gasteiger partial charge is 0.303 e. The predicted molar refractivity (Wildman–Crippen MR) is 76.2 cm³/mol. The fourth-order valence-electron chi connectivity index (χ4n) is 2.55. The first-order valence-corrected chi connectivity index (χ1v) is 6.56. The molecule has 1 N–H and O–H groups in total. The van der Waals surface area contributed by atoms with Crippen LogP contribution in [0.25, 0.3) is 0 Å². The highest BCUT2D eigenvalue weighted by Crippen LogP contribution is 2.36. The Balaban J connectivity index is 0.00000108. The van der Waals surface area contributed by atoms with Crippen LogP contribution in [0.4, 0.5) is 0 Å². The van der Waals surface area contributed by atoms with Gasteiger partial charge < -0.3 is 5.32 Å². The Kier molecular flexibility index (Phi) is 3.57. The molecule has 2 aromatic rings. The Bertz CT molecular complexity index is 495.